The Labute approximate surface area is 138 Å². The lowest BCUT2D eigenvalue weighted by Crippen LogP contribution is -2.52. The van der Waals surface area contributed by atoms with Crippen LogP contribution in [0.4, 0.5) is 5.69 Å². The van der Waals surface area contributed by atoms with Crippen LogP contribution in [0, 0.1) is 5.41 Å². The molecular formula is C16H25N3O3S. The van der Waals surface area contributed by atoms with Crippen molar-refractivity contribution in [3.8, 4) is 0 Å². The van der Waals surface area contributed by atoms with E-state index in [-0.39, 0.29) is 11.2 Å². The first kappa shape index (κ1) is 16.7. The fourth-order valence-electron chi connectivity index (χ4n) is 3.58. The Morgan fingerprint density at radius 1 is 1.35 bits per heavy atom. The highest BCUT2D eigenvalue weighted by Gasteiger charge is 2.41. The summed E-state index contributed by atoms with van der Waals surface area (Å²) in [5, 5.41) is 0. The van der Waals surface area contributed by atoms with Crippen molar-refractivity contribution in [2.24, 2.45) is 5.41 Å². The minimum absolute atomic E-state index is 0.132. The van der Waals surface area contributed by atoms with Crippen LogP contribution in [-0.2, 0) is 14.8 Å². The second-order valence-electron chi connectivity index (χ2n) is 6.52. The van der Waals surface area contributed by atoms with Crippen LogP contribution in [0.5, 0.6) is 0 Å². The minimum atomic E-state index is -3.14. The summed E-state index contributed by atoms with van der Waals surface area (Å²) < 4.78 is 32.1. The Hall–Kier alpha value is -1.18. The quantitative estimate of drug-likeness (QED) is 0.832. The summed E-state index contributed by atoms with van der Waals surface area (Å²) in [6.07, 6.45) is 5.52. The van der Waals surface area contributed by atoms with E-state index in [1.807, 2.05) is 12.3 Å². The number of aromatic nitrogens is 1. The molecule has 0 N–H and O–H groups in total. The number of piperidine rings is 1. The lowest BCUT2D eigenvalue weighted by Gasteiger charge is -2.43. The maximum atomic E-state index is 12.3. The summed E-state index contributed by atoms with van der Waals surface area (Å²) in [4.78, 5) is 6.48. The third-order valence-corrected chi connectivity index (χ3v) is 6.66. The molecule has 1 atom stereocenters. The highest BCUT2D eigenvalue weighted by atomic mass is 32.2. The molecule has 0 aliphatic carbocycles. The van der Waals surface area contributed by atoms with Crippen molar-refractivity contribution in [3.05, 3.63) is 24.5 Å². The molecule has 1 aromatic heterocycles. The van der Waals surface area contributed by atoms with E-state index in [4.69, 9.17) is 4.74 Å². The molecule has 0 unspecified atom stereocenters. The van der Waals surface area contributed by atoms with Crippen LogP contribution >= 0.6 is 0 Å². The molecule has 2 fully saturated rings. The Morgan fingerprint density at radius 3 is 2.96 bits per heavy atom. The summed E-state index contributed by atoms with van der Waals surface area (Å²) >= 11 is 0. The molecule has 1 aromatic rings. The molecule has 0 saturated carbocycles. The van der Waals surface area contributed by atoms with E-state index < -0.39 is 10.0 Å². The van der Waals surface area contributed by atoms with Crippen molar-refractivity contribution in [2.45, 2.75) is 19.8 Å². The topological polar surface area (TPSA) is 62.7 Å². The van der Waals surface area contributed by atoms with Crippen LogP contribution in [-0.4, -0.2) is 62.9 Å². The summed E-state index contributed by atoms with van der Waals surface area (Å²) in [6.45, 7) is 5.81. The van der Waals surface area contributed by atoms with Gasteiger partial charge in [-0.1, -0.05) is 0 Å². The van der Waals surface area contributed by atoms with Crippen LogP contribution in [0.2, 0.25) is 0 Å². The molecule has 128 valence electrons. The van der Waals surface area contributed by atoms with Crippen molar-refractivity contribution < 1.29 is 13.2 Å². The summed E-state index contributed by atoms with van der Waals surface area (Å²) in [6, 6.07) is 3.98. The summed E-state index contributed by atoms with van der Waals surface area (Å²) in [5.41, 5.74) is 0.945. The van der Waals surface area contributed by atoms with Crippen molar-refractivity contribution in [1.82, 2.24) is 9.29 Å². The standard InChI is InChI=1S/C16H25N3O3S/c1-2-23(20,21)19-8-4-6-16(13-19)12-18(9-10-22-14-16)15-5-3-7-17-11-15/h3,5,7,11H,2,4,6,8-10,12-14H2,1H3/t16-/m0/s1. The van der Waals surface area contributed by atoms with Gasteiger partial charge >= 0.3 is 0 Å². The zero-order valence-corrected chi connectivity index (χ0v) is 14.5. The lowest BCUT2D eigenvalue weighted by molar-refractivity contribution is 0.0351. The number of pyridine rings is 1. The molecule has 7 heteroatoms. The molecule has 0 aromatic carbocycles. The van der Waals surface area contributed by atoms with Crippen LogP contribution < -0.4 is 4.90 Å². The summed E-state index contributed by atoms with van der Waals surface area (Å²) in [5.74, 6) is 0.163. The molecule has 0 bridgehead atoms. The highest BCUT2D eigenvalue weighted by Crippen LogP contribution is 2.35. The zero-order chi connectivity index (χ0) is 16.3. The maximum Gasteiger partial charge on any atom is 0.213 e. The lowest BCUT2D eigenvalue weighted by atomic mass is 9.81. The van der Waals surface area contributed by atoms with E-state index in [0.29, 0.717) is 26.3 Å². The first-order chi connectivity index (χ1) is 11.0. The number of ether oxygens (including phenoxy) is 1. The van der Waals surface area contributed by atoms with Gasteiger partial charge in [0.05, 0.1) is 30.9 Å². The van der Waals surface area contributed by atoms with E-state index in [1.54, 1.807) is 17.4 Å². The molecule has 0 radical (unpaired) electrons. The van der Waals surface area contributed by atoms with Crippen molar-refractivity contribution in [1.29, 1.82) is 0 Å². The largest absolute Gasteiger partial charge is 0.379 e. The Bertz CT molecular complexity index is 623. The third-order valence-electron chi connectivity index (χ3n) is 4.84. The average Bonchev–Trinajstić information content (AvgIpc) is 2.78. The Balaban J connectivity index is 1.82. The van der Waals surface area contributed by atoms with E-state index in [0.717, 1.165) is 31.6 Å². The summed E-state index contributed by atoms with van der Waals surface area (Å²) in [7, 11) is -3.14. The Kier molecular flexibility index (Phi) is 4.89. The van der Waals surface area contributed by atoms with Gasteiger partial charge in [-0.25, -0.2) is 12.7 Å². The predicted octanol–water partition coefficient (Wildman–Crippen LogP) is 1.35. The van der Waals surface area contributed by atoms with E-state index >= 15 is 0 Å². The third kappa shape index (κ3) is 3.67. The Morgan fingerprint density at radius 2 is 2.22 bits per heavy atom. The molecule has 23 heavy (non-hydrogen) atoms. The molecule has 2 saturated heterocycles. The fourth-order valence-corrected chi connectivity index (χ4v) is 4.83. The minimum Gasteiger partial charge on any atom is -0.379 e. The second-order valence-corrected chi connectivity index (χ2v) is 8.78. The number of sulfonamides is 1. The van der Waals surface area contributed by atoms with Crippen molar-refractivity contribution in [3.63, 3.8) is 0 Å². The molecule has 3 heterocycles. The monoisotopic (exact) mass is 339 g/mol. The van der Waals surface area contributed by atoms with Gasteiger partial charge in [-0.3, -0.25) is 4.98 Å². The van der Waals surface area contributed by atoms with E-state index in [2.05, 4.69) is 16.0 Å². The van der Waals surface area contributed by atoms with Gasteiger partial charge in [-0.2, -0.15) is 0 Å². The first-order valence-electron chi connectivity index (χ1n) is 8.25. The van der Waals surface area contributed by atoms with Crippen LogP contribution in [0.25, 0.3) is 0 Å². The van der Waals surface area contributed by atoms with E-state index in [9.17, 15) is 8.42 Å². The molecule has 3 rings (SSSR count). The van der Waals surface area contributed by atoms with Gasteiger partial charge in [0.1, 0.15) is 0 Å². The van der Waals surface area contributed by atoms with Gasteiger partial charge in [0.15, 0.2) is 0 Å². The van der Waals surface area contributed by atoms with Gasteiger partial charge in [0.25, 0.3) is 0 Å². The zero-order valence-electron chi connectivity index (χ0n) is 13.6. The fraction of sp³-hybridized carbons (Fsp3) is 0.688. The van der Waals surface area contributed by atoms with E-state index in [1.165, 1.54) is 0 Å². The number of hydrogen-bond acceptors (Lipinski definition) is 5. The SMILES string of the molecule is CCS(=O)(=O)N1CCC[C@@]2(COCCN(c3cccnc3)C2)C1. The van der Waals surface area contributed by atoms with Crippen molar-refractivity contribution in [2.75, 3.05) is 50.0 Å². The van der Waals surface area contributed by atoms with Crippen LogP contribution in [0.1, 0.15) is 19.8 Å². The second kappa shape index (κ2) is 6.75. The van der Waals surface area contributed by atoms with Crippen molar-refractivity contribution >= 4 is 15.7 Å². The van der Waals surface area contributed by atoms with Gasteiger partial charge in [0.2, 0.25) is 10.0 Å². The smallest absolute Gasteiger partial charge is 0.213 e. The number of hydrogen-bond donors (Lipinski definition) is 0. The predicted molar refractivity (Wildman–Crippen MR) is 90.0 cm³/mol. The first-order valence-corrected chi connectivity index (χ1v) is 9.86. The molecule has 2 aliphatic heterocycles. The highest BCUT2D eigenvalue weighted by molar-refractivity contribution is 7.89. The molecule has 0 amide bonds. The number of anilines is 1. The van der Waals surface area contributed by atoms with Gasteiger partial charge in [0, 0.05) is 37.8 Å². The molecule has 6 nitrogen and oxygen atoms in total. The maximum absolute atomic E-state index is 12.3. The average molecular weight is 339 g/mol. The number of rotatable bonds is 3. The molecule has 1 spiro atoms. The molecule has 2 aliphatic rings. The van der Waals surface area contributed by atoms with Crippen LogP contribution in [0.15, 0.2) is 24.5 Å². The van der Waals surface area contributed by atoms with Gasteiger partial charge < -0.3 is 9.64 Å². The number of nitrogens with zero attached hydrogens (tertiary/aromatic N) is 3. The van der Waals surface area contributed by atoms with Crippen LogP contribution in [0.3, 0.4) is 0 Å². The van der Waals surface area contributed by atoms with Gasteiger partial charge in [-0.05, 0) is 31.9 Å². The normalized spacial score (nSPS) is 27.1. The van der Waals surface area contributed by atoms with Gasteiger partial charge in [-0.15, -0.1) is 0 Å². The molecular weight excluding hydrogens is 314 g/mol.